The van der Waals surface area contributed by atoms with Gasteiger partial charge >= 0.3 is 0 Å². The standard InChI is InChI=1S/C39H24N4S/c1-3-13-25(14-4-1)37-40-38(26-15-5-2-6-16-26)42-39(41-37)35-33(24-23-30-29-19-9-12-22-34(29)44-36(30)35)43-31-20-10-7-17-27(31)28-18-8-11-21-32(28)43/h1-24H. The number of hydrogen-bond donors (Lipinski definition) is 0. The lowest BCUT2D eigenvalue weighted by molar-refractivity contribution is 1.07. The van der Waals surface area contributed by atoms with Gasteiger partial charge < -0.3 is 4.57 Å². The lowest BCUT2D eigenvalue weighted by atomic mass is 10.1. The summed E-state index contributed by atoms with van der Waals surface area (Å²) >= 11 is 1.79. The van der Waals surface area contributed by atoms with Crippen LogP contribution in [0.3, 0.4) is 0 Å². The van der Waals surface area contributed by atoms with E-state index in [9.17, 15) is 0 Å². The van der Waals surface area contributed by atoms with Crippen LogP contribution >= 0.6 is 11.3 Å². The first-order valence-electron chi connectivity index (χ1n) is 14.6. The average molecular weight is 581 g/mol. The van der Waals surface area contributed by atoms with E-state index in [-0.39, 0.29) is 0 Å². The molecule has 3 heterocycles. The summed E-state index contributed by atoms with van der Waals surface area (Å²) in [6.45, 7) is 0. The second-order valence-corrected chi connectivity index (χ2v) is 11.9. The van der Waals surface area contributed by atoms with Crippen LogP contribution in [0.5, 0.6) is 0 Å². The van der Waals surface area contributed by atoms with Crippen LogP contribution in [-0.4, -0.2) is 19.5 Å². The fourth-order valence-corrected chi connectivity index (χ4v) is 7.52. The normalized spacial score (nSPS) is 11.6. The molecule has 0 aliphatic heterocycles. The Bertz CT molecular complexity index is 2380. The Morgan fingerprint density at radius 2 is 0.909 bits per heavy atom. The summed E-state index contributed by atoms with van der Waals surface area (Å²) in [6.07, 6.45) is 0. The van der Waals surface area contributed by atoms with E-state index in [0.29, 0.717) is 17.5 Å². The van der Waals surface area contributed by atoms with Gasteiger partial charge in [0.25, 0.3) is 0 Å². The molecule has 9 aromatic rings. The summed E-state index contributed by atoms with van der Waals surface area (Å²) in [7, 11) is 0. The van der Waals surface area contributed by atoms with Gasteiger partial charge in [0.2, 0.25) is 0 Å². The highest BCUT2D eigenvalue weighted by molar-refractivity contribution is 7.26. The summed E-state index contributed by atoms with van der Waals surface area (Å²) in [5.41, 5.74) is 6.26. The maximum Gasteiger partial charge on any atom is 0.167 e. The molecule has 44 heavy (non-hydrogen) atoms. The van der Waals surface area contributed by atoms with Crippen molar-refractivity contribution in [3.8, 4) is 39.9 Å². The minimum atomic E-state index is 0.653. The molecule has 0 saturated carbocycles. The Labute approximate surface area is 257 Å². The van der Waals surface area contributed by atoms with Crippen molar-refractivity contribution in [1.29, 1.82) is 0 Å². The Morgan fingerprint density at radius 1 is 0.409 bits per heavy atom. The zero-order chi connectivity index (χ0) is 29.0. The molecule has 0 saturated heterocycles. The van der Waals surface area contributed by atoms with Gasteiger partial charge in [-0.1, -0.05) is 121 Å². The van der Waals surface area contributed by atoms with E-state index in [4.69, 9.17) is 15.0 Å². The van der Waals surface area contributed by atoms with Crippen molar-refractivity contribution in [3.63, 3.8) is 0 Å². The third-order valence-corrected chi connectivity index (χ3v) is 9.47. The van der Waals surface area contributed by atoms with Crippen molar-refractivity contribution in [3.05, 3.63) is 146 Å². The van der Waals surface area contributed by atoms with Gasteiger partial charge in [0.15, 0.2) is 17.5 Å². The smallest absolute Gasteiger partial charge is 0.167 e. The second-order valence-electron chi connectivity index (χ2n) is 10.8. The minimum absolute atomic E-state index is 0.653. The number of hydrogen-bond acceptors (Lipinski definition) is 4. The third-order valence-electron chi connectivity index (χ3n) is 8.27. The van der Waals surface area contributed by atoms with Gasteiger partial charge in [-0.15, -0.1) is 11.3 Å². The van der Waals surface area contributed by atoms with Crippen LogP contribution in [0.25, 0.3) is 81.8 Å². The molecule has 0 bridgehead atoms. The van der Waals surface area contributed by atoms with Crippen LogP contribution < -0.4 is 0 Å². The molecule has 0 fully saturated rings. The maximum atomic E-state index is 5.22. The molecule has 0 atom stereocenters. The van der Waals surface area contributed by atoms with Crippen molar-refractivity contribution in [1.82, 2.24) is 19.5 Å². The monoisotopic (exact) mass is 580 g/mol. The highest BCUT2D eigenvalue weighted by atomic mass is 32.1. The molecular formula is C39H24N4S. The van der Waals surface area contributed by atoms with E-state index in [0.717, 1.165) is 38.1 Å². The van der Waals surface area contributed by atoms with Crippen molar-refractivity contribution < 1.29 is 0 Å². The quantitative estimate of drug-likeness (QED) is 0.208. The maximum absolute atomic E-state index is 5.22. The van der Waals surface area contributed by atoms with Gasteiger partial charge in [-0.2, -0.15) is 0 Å². The summed E-state index contributed by atoms with van der Waals surface area (Å²) in [5, 5.41) is 4.88. The first-order valence-corrected chi connectivity index (χ1v) is 15.5. The molecule has 0 amide bonds. The molecule has 5 heteroatoms. The predicted molar refractivity (Wildman–Crippen MR) is 183 cm³/mol. The molecule has 0 unspecified atom stereocenters. The minimum Gasteiger partial charge on any atom is -0.308 e. The fraction of sp³-hybridized carbons (Fsp3) is 0. The van der Waals surface area contributed by atoms with Crippen molar-refractivity contribution in [2.75, 3.05) is 0 Å². The van der Waals surface area contributed by atoms with Crippen molar-refractivity contribution in [2.45, 2.75) is 0 Å². The lowest BCUT2D eigenvalue weighted by Gasteiger charge is -2.15. The number of fused-ring (bicyclic) bond motifs is 6. The Balaban J connectivity index is 1.44. The predicted octanol–water partition coefficient (Wildman–Crippen LogP) is 10.3. The van der Waals surface area contributed by atoms with E-state index in [1.54, 1.807) is 11.3 Å². The fourth-order valence-electron chi connectivity index (χ4n) is 6.28. The summed E-state index contributed by atoms with van der Waals surface area (Å²) in [4.78, 5) is 15.4. The summed E-state index contributed by atoms with van der Waals surface area (Å²) in [6, 6.07) is 50.7. The first kappa shape index (κ1) is 24.9. The summed E-state index contributed by atoms with van der Waals surface area (Å²) < 4.78 is 4.77. The van der Waals surface area contributed by atoms with Crippen LogP contribution in [0.4, 0.5) is 0 Å². The molecule has 206 valence electrons. The topological polar surface area (TPSA) is 43.6 Å². The van der Waals surface area contributed by atoms with Gasteiger partial charge in [-0.25, -0.2) is 15.0 Å². The third kappa shape index (κ3) is 3.87. The molecule has 0 aliphatic carbocycles. The number of para-hydroxylation sites is 2. The van der Waals surface area contributed by atoms with E-state index in [1.165, 1.54) is 26.2 Å². The van der Waals surface area contributed by atoms with Crippen LogP contribution in [0.1, 0.15) is 0 Å². The van der Waals surface area contributed by atoms with Crippen LogP contribution in [0.15, 0.2) is 146 Å². The number of nitrogens with zero attached hydrogens (tertiary/aromatic N) is 4. The Morgan fingerprint density at radius 3 is 1.52 bits per heavy atom. The molecule has 0 radical (unpaired) electrons. The van der Waals surface area contributed by atoms with Gasteiger partial charge in [0, 0.05) is 42.1 Å². The van der Waals surface area contributed by atoms with Crippen molar-refractivity contribution >= 4 is 53.3 Å². The first-order chi connectivity index (χ1) is 21.8. The Hall–Kier alpha value is -5.65. The lowest BCUT2D eigenvalue weighted by Crippen LogP contribution is -2.04. The van der Waals surface area contributed by atoms with E-state index in [2.05, 4.69) is 114 Å². The van der Waals surface area contributed by atoms with Gasteiger partial charge in [-0.3, -0.25) is 0 Å². The van der Waals surface area contributed by atoms with E-state index >= 15 is 0 Å². The molecule has 9 rings (SSSR count). The Kier molecular flexibility index (Phi) is 5.64. The second kappa shape index (κ2) is 9.97. The van der Waals surface area contributed by atoms with Gasteiger partial charge in [0.1, 0.15) is 0 Å². The highest BCUT2D eigenvalue weighted by Gasteiger charge is 2.23. The number of thiophene rings is 1. The molecular weight excluding hydrogens is 557 g/mol. The zero-order valence-corrected chi connectivity index (χ0v) is 24.4. The molecule has 3 aromatic heterocycles. The number of aromatic nitrogens is 4. The van der Waals surface area contributed by atoms with Gasteiger partial charge in [0.05, 0.1) is 22.3 Å². The largest absolute Gasteiger partial charge is 0.308 e. The van der Waals surface area contributed by atoms with Crippen LogP contribution in [0, 0.1) is 0 Å². The molecule has 0 N–H and O–H groups in total. The molecule has 4 nitrogen and oxygen atoms in total. The van der Waals surface area contributed by atoms with E-state index < -0.39 is 0 Å². The van der Waals surface area contributed by atoms with Crippen LogP contribution in [-0.2, 0) is 0 Å². The number of benzene rings is 6. The number of rotatable bonds is 4. The SMILES string of the molecule is c1ccc(-c2nc(-c3ccccc3)nc(-c3c(-n4c5ccccc5c5ccccc54)ccc4c3sc3ccccc34)n2)cc1. The zero-order valence-electron chi connectivity index (χ0n) is 23.6. The van der Waals surface area contributed by atoms with E-state index in [1.807, 2.05) is 36.4 Å². The highest BCUT2D eigenvalue weighted by Crippen LogP contribution is 2.44. The molecule has 0 aliphatic rings. The average Bonchev–Trinajstić information content (AvgIpc) is 3.64. The molecule has 6 aromatic carbocycles. The van der Waals surface area contributed by atoms with Crippen molar-refractivity contribution in [2.24, 2.45) is 0 Å². The van der Waals surface area contributed by atoms with Gasteiger partial charge in [-0.05, 0) is 24.3 Å². The summed E-state index contributed by atoms with van der Waals surface area (Å²) in [5.74, 6) is 1.97. The van der Waals surface area contributed by atoms with Crippen LogP contribution in [0.2, 0.25) is 0 Å². The molecule has 0 spiro atoms.